The summed E-state index contributed by atoms with van der Waals surface area (Å²) in [5.41, 5.74) is 2.87. The van der Waals surface area contributed by atoms with Crippen LogP contribution in [0.3, 0.4) is 0 Å². The van der Waals surface area contributed by atoms with Crippen molar-refractivity contribution in [2.24, 2.45) is 0 Å². The van der Waals surface area contributed by atoms with Gasteiger partial charge in [0.05, 0.1) is 12.3 Å². The van der Waals surface area contributed by atoms with E-state index in [-0.39, 0.29) is 11.5 Å². The highest BCUT2D eigenvalue weighted by Gasteiger charge is 2.43. The van der Waals surface area contributed by atoms with Gasteiger partial charge < -0.3 is 9.64 Å². The maximum Gasteiger partial charge on any atom is 0.222 e. The Morgan fingerprint density at radius 2 is 2.00 bits per heavy atom. The van der Waals surface area contributed by atoms with E-state index in [1.54, 1.807) is 0 Å². The standard InChI is InChI=1S/C22H27N3O2/c1-2-3-9-19(26)25-13-11-22(12-14-25)20-18(10-15-27-22)16-23-21(24-20)17-7-5-4-6-8-17/h4-8,16H,2-3,9-15H2,1H3. The normalized spacial score (nSPS) is 18.3. The van der Waals surface area contributed by atoms with Crippen LogP contribution in [-0.4, -0.2) is 40.5 Å². The van der Waals surface area contributed by atoms with Gasteiger partial charge in [-0.3, -0.25) is 4.79 Å². The molecule has 1 fully saturated rings. The van der Waals surface area contributed by atoms with Crippen molar-refractivity contribution in [2.75, 3.05) is 19.7 Å². The fourth-order valence-electron chi connectivity index (χ4n) is 4.12. The summed E-state index contributed by atoms with van der Waals surface area (Å²) in [7, 11) is 0. The molecule has 2 aromatic rings. The molecule has 1 aromatic heterocycles. The van der Waals surface area contributed by atoms with E-state index in [0.29, 0.717) is 13.0 Å². The Bertz CT molecular complexity index is 798. The number of carbonyl (C=O) groups excluding carboxylic acids is 1. The first-order valence-electron chi connectivity index (χ1n) is 10.1. The lowest BCUT2D eigenvalue weighted by molar-refractivity contribution is -0.141. The molecule has 5 nitrogen and oxygen atoms in total. The average Bonchev–Trinajstić information content (AvgIpc) is 2.73. The van der Waals surface area contributed by atoms with Gasteiger partial charge in [-0.2, -0.15) is 0 Å². The Morgan fingerprint density at radius 3 is 2.74 bits per heavy atom. The number of nitrogens with zero attached hydrogens (tertiary/aromatic N) is 3. The highest BCUT2D eigenvalue weighted by atomic mass is 16.5. The van der Waals surface area contributed by atoms with Gasteiger partial charge in [-0.05, 0) is 31.2 Å². The zero-order valence-electron chi connectivity index (χ0n) is 16.0. The molecule has 3 heterocycles. The van der Waals surface area contributed by atoms with Crippen LogP contribution in [0.4, 0.5) is 0 Å². The third kappa shape index (κ3) is 3.61. The molecule has 2 aliphatic rings. The fourth-order valence-corrected chi connectivity index (χ4v) is 4.12. The lowest BCUT2D eigenvalue weighted by atomic mass is 9.83. The number of rotatable bonds is 4. The summed E-state index contributed by atoms with van der Waals surface area (Å²) < 4.78 is 6.30. The van der Waals surface area contributed by atoms with Gasteiger partial charge in [0.15, 0.2) is 5.82 Å². The molecule has 0 aliphatic carbocycles. The molecular weight excluding hydrogens is 338 g/mol. The molecule has 5 heteroatoms. The first-order valence-corrected chi connectivity index (χ1v) is 10.1. The number of carbonyl (C=O) groups is 1. The number of hydrogen-bond acceptors (Lipinski definition) is 4. The van der Waals surface area contributed by atoms with Crippen LogP contribution in [0.5, 0.6) is 0 Å². The van der Waals surface area contributed by atoms with Crippen LogP contribution in [0.1, 0.15) is 50.3 Å². The molecular formula is C22H27N3O2. The monoisotopic (exact) mass is 365 g/mol. The summed E-state index contributed by atoms with van der Waals surface area (Å²) in [5, 5.41) is 0. The van der Waals surface area contributed by atoms with E-state index >= 15 is 0 Å². The van der Waals surface area contributed by atoms with Crippen LogP contribution in [-0.2, 0) is 21.6 Å². The van der Waals surface area contributed by atoms with Crippen molar-refractivity contribution in [3.63, 3.8) is 0 Å². The Labute approximate surface area is 160 Å². The lowest BCUT2D eigenvalue weighted by Crippen LogP contribution is -2.48. The molecule has 2 aliphatic heterocycles. The van der Waals surface area contributed by atoms with Gasteiger partial charge in [-0.1, -0.05) is 43.7 Å². The number of piperidine rings is 1. The van der Waals surface area contributed by atoms with Gasteiger partial charge in [0.2, 0.25) is 5.91 Å². The van der Waals surface area contributed by atoms with Crippen molar-refractivity contribution in [3.05, 3.63) is 47.8 Å². The van der Waals surface area contributed by atoms with Crippen LogP contribution in [0.15, 0.2) is 36.5 Å². The van der Waals surface area contributed by atoms with Gasteiger partial charge >= 0.3 is 0 Å². The molecule has 0 bridgehead atoms. The van der Waals surface area contributed by atoms with Gasteiger partial charge in [0.1, 0.15) is 5.60 Å². The van der Waals surface area contributed by atoms with Crippen LogP contribution < -0.4 is 0 Å². The Kier molecular flexibility index (Phi) is 5.21. The maximum absolute atomic E-state index is 12.4. The van der Waals surface area contributed by atoms with Crippen molar-refractivity contribution in [3.8, 4) is 11.4 Å². The predicted molar refractivity (Wildman–Crippen MR) is 104 cm³/mol. The highest BCUT2D eigenvalue weighted by molar-refractivity contribution is 5.76. The van der Waals surface area contributed by atoms with Crippen molar-refractivity contribution >= 4 is 5.91 Å². The van der Waals surface area contributed by atoms with Crippen LogP contribution in [0.25, 0.3) is 11.4 Å². The summed E-state index contributed by atoms with van der Waals surface area (Å²) in [6.45, 7) is 4.31. The number of unbranched alkanes of at least 4 members (excludes halogenated alkanes) is 1. The molecule has 1 aromatic carbocycles. The zero-order valence-corrected chi connectivity index (χ0v) is 16.0. The number of fused-ring (bicyclic) bond motifs is 2. The van der Waals surface area contributed by atoms with Crippen LogP contribution >= 0.6 is 0 Å². The minimum absolute atomic E-state index is 0.274. The number of ether oxygens (including phenoxy) is 1. The van der Waals surface area contributed by atoms with E-state index < -0.39 is 0 Å². The quantitative estimate of drug-likeness (QED) is 0.828. The molecule has 0 radical (unpaired) electrons. The summed E-state index contributed by atoms with van der Waals surface area (Å²) >= 11 is 0. The van der Waals surface area contributed by atoms with E-state index in [0.717, 1.165) is 62.3 Å². The van der Waals surface area contributed by atoms with Gasteiger partial charge in [-0.25, -0.2) is 9.97 Å². The second-order valence-electron chi connectivity index (χ2n) is 7.51. The van der Waals surface area contributed by atoms with Gasteiger partial charge in [-0.15, -0.1) is 0 Å². The zero-order chi connectivity index (χ0) is 18.7. The molecule has 4 rings (SSSR count). The van der Waals surface area contributed by atoms with E-state index in [1.165, 1.54) is 5.56 Å². The molecule has 0 saturated carbocycles. The fraction of sp³-hybridized carbons (Fsp3) is 0.500. The largest absolute Gasteiger partial charge is 0.368 e. The summed E-state index contributed by atoms with van der Waals surface area (Å²) in [6, 6.07) is 10.1. The molecule has 1 amide bonds. The van der Waals surface area contributed by atoms with Crippen LogP contribution in [0, 0.1) is 0 Å². The second-order valence-corrected chi connectivity index (χ2v) is 7.51. The molecule has 1 saturated heterocycles. The molecule has 27 heavy (non-hydrogen) atoms. The van der Waals surface area contributed by atoms with Crippen LogP contribution in [0.2, 0.25) is 0 Å². The Balaban J connectivity index is 1.57. The number of benzene rings is 1. The van der Waals surface area contributed by atoms with Crippen molar-refractivity contribution in [2.45, 2.75) is 51.0 Å². The third-order valence-electron chi connectivity index (χ3n) is 5.75. The maximum atomic E-state index is 12.4. The van der Waals surface area contributed by atoms with E-state index in [1.807, 2.05) is 41.4 Å². The molecule has 0 N–H and O–H groups in total. The Hall–Kier alpha value is -2.27. The number of hydrogen-bond donors (Lipinski definition) is 0. The van der Waals surface area contributed by atoms with Crippen molar-refractivity contribution in [1.29, 1.82) is 0 Å². The highest BCUT2D eigenvalue weighted by Crippen LogP contribution is 2.41. The molecule has 0 atom stereocenters. The minimum atomic E-state index is -0.373. The summed E-state index contributed by atoms with van der Waals surface area (Å²) in [5.74, 6) is 1.02. The predicted octanol–water partition coefficient (Wildman–Crippen LogP) is 3.72. The summed E-state index contributed by atoms with van der Waals surface area (Å²) in [4.78, 5) is 23.9. The van der Waals surface area contributed by atoms with Gasteiger partial charge in [0.25, 0.3) is 0 Å². The number of likely N-dealkylation sites (tertiary alicyclic amines) is 1. The lowest BCUT2D eigenvalue weighted by Gasteiger charge is -2.44. The second kappa shape index (κ2) is 7.77. The topological polar surface area (TPSA) is 55.3 Å². The first kappa shape index (κ1) is 18.1. The minimum Gasteiger partial charge on any atom is -0.368 e. The van der Waals surface area contributed by atoms with Gasteiger partial charge in [0, 0.05) is 31.3 Å². The van der Waals surface area contributed by atoms with E-state index in [9.17, 15) is 4.79 Å². The molecule has 142 valence electrons. The third-order valence-corrected chi connectivity index (χ3v) is 5.75. The van der Waals surface area contributed by atoms with Crippen molar-refractivity contribution < 1.29 is 9.53 Å². The molecule has 0 unspecified atom stereocenters. The summed E-state index contributed by atoms with van der Waals surface area (Å²) in [6.07, 6.45) is 7.11. The average molecular weight is 365 g/mol. The van der Waals surface area contributed by atoms with E-state index in [2.05, 4.69) is 11.9 Å². The number of aromatic nitrogens is 2. The molecule has 1 spiro atoms. The Morgan fingerprint density at radius 1 is 1.22 bits per heavy atom. The van der Waals surface area contributed by atoms with E-state index in [4.69, 9.17) is 9.72 Å². The number of amides is 1. The first-order chi connectivity index (χ1) is 13.2. The smallest absolute Gasteiger partial charge is 0.222 e. The van der Waals surface area contributed by atoms with Crippen molar-refractivity contribution in [1.82, 2.24) is 14.9 Å². The SMILES string of the molecule is CCCCC(=O)N1CCC2(CC1)OCCc1cnc(-c3ccccc3)nc12.